The molecule has 1 heterocycles. The van der Waals surface area contributed by atoms with E-state index in [2.05, 4.69) is 115 Å². The lowest BCUT2D eigenvalue weighted by Crippen LogP contribution is -2.45. The van der Waals surface area contributed by atoms with Crippen LogP contribution in [0.5, 0.6) is 0 Å². The average molecular weight is 1040 g/mol. The van der Waals surface area contributed by atoms with Gasteiger partial charge in [-0.2, -0.15) is 0 Å². The molecule has 6 saturated carbocycles. The van der Waals surface area contributed by atoms with Gasteiger partial charge in [-0.25, -0.2) is 0 Å². The number of hydrogen-bond donors (Lipinski definition) is 0. The first-order valence-corrected chi connectivity index (χ1v) is 31.4. The van der Waals surface area contributed by atoms with E-state index in [1.807, 2.05) is 14.1 Å². The molecule has 2 unspecified atom stereocenters. The fourth-order valence-electron chi connectivity index (χ4n) is 15.8. The van der Waals surface area contributed by atoms with Gasteiger partial charge in [0.1, 0.15) is 12.2 Å². The minimum Gasteiger partial charge on any atom is -0.462 e. The van der Waals surface area contributed by atoms with Crippen LogP contribution >= 0.6 is 0 Å². The molecule has 0 aromatic heterocycles. The molecule has 10 atom stereocenters. The molecule has 0 amide bonds. The highest BCUT2D eigenvalue weighted by molar-refractivity contribution is 5.70. The molecule has 0 aromatic rings. The summed E-state index contributed by atoms with van der Waals surface area (Å²) in [5.41, 5.74) is 9.33. The van der Waals surface area contributed by atoms with Crippen molar-refractivity contribution in [1.29, 1.82) is 0 Å². The minimum atomic E-state index is -0.0466. The normalized spacial score (nSPS) is 32.8. The largest absolute Gasteiger partial charge is 0.462 e. The van der Waals surface area contributed by atoms with Crippen LogP contribution in [-0.2, 0) is 19.1 Å². The number of carbonyl (C=O) groups is 2. The maximum absolute atomic E-state index is 12.6. The highest BCUT2D eigenvalue weighted by atomic mass is 16.5. The molecule has 7 aliphatic rings. The third kappa shape index (κ3) is 17.9. The van der Waals surface area contributed by atoms with Gasteiger partial charge in [0.05, 0.1) is 6.42 Å². The molecule has 1 saturated heterocycles. The zero-order chi connectivity index (χ0) is 54.3. The van der Waals surface area contributed by atoms with Crippen molar-refractivity contribution in [2.24, 2.45) is 58.2 Å². The van der Waals surface area contributed by atoms with Crippen LogP contribution < -0.4 is 0 Å². The van der Waals surface area contributed by atoms with Crippen molar-refractivity contribution < 1.29 is 19.1 Å². The number of carbonyl (C=O) groups excluding carboxylic acids is 2. The topological polar surface area (TPSA) is 62.3 Å². The first-order chi connectivity index (χ1) is 35.7. The lowest BCUT2D eigenvalue weighted by atomic mass is 9.60. The van der Waals surface area contributed by atoms with Gasteiger partial charge in [0.25, 0.3) is 0 Å². The van der Waals surface area contributed by atoms with Crippen molar-refractivity contribution in [3.63, 3.8) is 0 Å². The highest BCUT2D eigenvalue weighted by Crippen LogP contribution is 2.61. The number of allylic oxidation sites excluding steroid dienone is 8. The molecule has 0 spiro atoms. The van der Waals surface area contributed by atoms with E-state index in [0.717, 1.165) is 132 Å². The Morgan fingerprint density at radius 2 is 1.07 bits per heavy atom. The number of fused-ring (bicyclic) bond motifs is 2. The van der Waals surface area contributed by atoms with E-state index < -0.39 is 0 Å². The third-order valence-electron chi connectivity index (χ3n) is 20.5. The van der Waals surface area contributed by atoms with Gasteiger partial charge in [-0.05, 0) is 193 Å². The Morgan fingerprint density at radius 3 is 1.51 bits per heavy atom. The summed E-state index contributed by atoms with van der Waals surface area (Å²) in [6.45, 7) is 34.5. The van der Waals surface area contributed by atoms with Crippen molar-refractivity contribution in [3.8, 4) is 0 Å². The summed E-state index contributed by atoms with van der Waals surface area (Å²) >= 11 is 0. The van der Waals surface area contributed by atoms with Crippen LogP contribution in [0, 0.1) is 58.2 Å². The molecule has 1 aliphatic heterocycles. The number of esters is 2. The van der Waals surface area contributed by atoms with Gasteiger partial charge < -0.3 is 24.2 Å². The van der Waals surface area contributed by atoms with Crippen LogP contribution in [0.3, 0.4) is 0 Å². The van der Waals surface area contributed by atoms with Crippen LogP contribution in [0.1, 0.15) is 216 Å². The van der Waals surface area contributed by atoms with Gasteiger partial charge in [0.15, 0.2) is 0 Å². The molecule has 7 heteroatoms. The van der Waals surface area contributed by atoms with Crippen LogP contribution in [0.25, 0.3) is 0 Å². The Hall–Kier alpha value is -2.74. The van der Waals surface area contributed by atoms with Gasteiger partial charge in [-0.1, -0.05) is 154 Å². The van der Waals surface area contributed by atoms with E-state index >= 15 is 0 Å². The lowest BCUT2D eigenvalue weighted by molar-refractivity contribution is -0.150. The summed E-state index contributed by atoms with van der Waals surface area (Å²) in [6.07, 6.45) is 38.5. The number of hydrogen-bond acceptors (Lipinski definition) is 7. The van der Waals surface area contributed by atoms with Gasteiger partial charge in [-0.15, -0.1) is 0 Å². The fourth-order valence-corrected chi connectivity index (χ4v) is 15.8. The van der Waals surface area contributed by atoms with Gasteiger partial charge in [-0.3, -0.25) is 9.59 Å². The maximum Gasteiger partial charge on any atom is 0.307 e. The highest BCUT2D eigenvalue weighted by Gasteiger charge is 2.51. The quantitative estimate of drug-likeness (QED) is 0.106. The predicted molar refractivity (Wildman–Crippen MR) is 316 cm³/mol. The molecular formula is C68H113N3O4. The number of nitrogens with zero attached hydrogens (tertiary/aromatic N) is 3. The average Bonchev–Trinajstić information content (AvgIpc) is 3.91. The van der Waals surface area contributed by atoms with Crippen LogP contribution in [0.15, 0.2) is 70.9 Å². The zero-order valence-corrected chi connectivity index (χ0v) is 50.4. The van der Waals surface area contributed by atoms with Crippen molar-refractivity contribution in [2.75, 3.05) is 60.4 Å². The Balaban J connectivity index is 0.000000245. The smallest absolute Gasteiger partial charge is 0.307 e. The summed E-state index contributed by atoms with van der Waals surface area (Å²) in [6, 6.07) is 0. The summed E-state index contributed by atoms with van der Waals surface area (Å²) in [5, 5.41) is 0. The minimum absolute atomic E-state index is 0.000638. The van der Waals surface area contributed by atoms with Crippen molar-refractivity contribution in [3.05, 3.63) is 70.9 Å². The Bertz CT molecular complexity index is 1980. The Kier molecular flexibility index (Phi) is 24.2. The van der Waals surface area contributed by atoms with Crippen LogP contribution in [0.2, 0.25) is 0 Å². The number of likely N-dealkylation sites (N-methyl/N-ethyl adjacent to an activating group) is 1. The summed E-state index contributed by atoms with van der Waals surface area (Å²) in [7, 11) is 6.25. The molecule has 0 aromatic carbocycles. The molecule has 7 rings (SSSR count). The summed E-state index contributed by atoms with van der Waals surface area (Å²) in [4.78, 5) is 31.8. The van der Waals surface area contributed by atoms with Crippen LogP contribution in [-0.4, -0.2) is 99.3 Å². The predicted octanol–water partition coefficient (Wildman–Crippen LogP) is 16.3. The van der Waals surface area contributed by atoms with E-state index in [1.54, 1.807) is 11.1 Å². The van der Waals surface area contributed by atoms with Crippen LogP contribution in [0.4, 0.5) is 0 Å². The fraction of sp³-hybridized carbons (Fsp3) is 0.794. The molecule has 0 N–H and O–H groups in total. The molecule has 7 nitrogen and oxygen atoms in total. The summed E-state index contributed by atoms with van der Waals surface area (Å²) in [5.74, 6) is 6.44. The number of rotatable bonds is 21. The number of ether oxygens (including phenoxy) is 2. The van der Waals surface area contributed by atoms with E-state index in [0.29, 0.717) is 23.7 Å². The molecular weight excluding hydrogens is 923 g/mol. The first-order valence-electron chi connectivity index (χ1n) is 31.4. The monoisotopic (exact) mass is 1040 g/mol. The molecule has 7 fully saturated rings. The zero-order valence-electron chi connectivity index (χ0n) is 50.4. The summed E-state index contributed by atoms with van der Waals surface area (Å²) < 4.78 is 11.8. The Labute approximate surface area is 461 Å². The lowest BCUT2D eigenvalue weighted by Gasteiger charge is -2.44. The van der Waals surface area contributed by atoms with E-state index in [9.17, 15) is 9.59 Å². The number of piperazine rings is 1. The first kappa shape index (κ1) is 61.5. The van der Waals surface area contributed by atoms with Crippen molar-refractivity contribution in [2.45, 2.75) is 228 Å². The second-order valence-corrected chi connectivity index (χ2v) is 27.4. The van der Waals surface area contributed by atoms with Crippen molar-refractivity contribution in [1.82, 2.24) is 14.7 Å². The van der Waals surface area contributed by atoms with Crippen molar-refractivity contribution >= 4 is 11.9 Å². The van der Waals surface area contributed by atoms with E-state index in [-0.39, 0.29) is 24.1 Å². The molecule has 0 bridgehead atoms. The molecule has 0 radical (unpaired) electrons. The molecule has 6 aliphatic carbocycles. The Morgan fingerprint density at radius 1 is 0.613 bits per heavy atom. The maximum atomic E-state index is 12.6. The van der Waals surface area contributed by atoms with Gasteiger partial charge in [0.2, 0.25) is 0 Å². The van der Waals surface area contributed by atoms with Gasteiger partial charge >= 0.3 is 11.9 Å². The molecule has 75 heavy (non-hydrogen) atoms. The standard InChI is InChI=1S/C35H58N2O2.C33H55NO2/c1-26(2)9-7-10-28(4)32-16-17-33-29(11-8-19-35(32,33)5)13-14-30-25-31(15-12-27(30)3)39-34(38)18-20-37-23-21-36(6)22-24-37;1-24(2)11-8-12-26(4)30-19-20-31-27(13-9-21-33(30,31)5)16-17-28-23-29(18-15-25(28)3)36-32(35)14-10-22-34(6)7/h13-14,26,28,31-33H,3,7-12,15-25H2,1-2,4-6H3;16-17,24,26,29-31H,3,8-15,18-23H2,1-2,4-7H3/b29-13+,30-14+;27-16+,28-17+/t28-,31+,32-,33?,35-;26-,29+,30-,31?,33-/m11/s1. The second kappa shape index (κ2) is 29.5. The second-order valence-electron chi connectivity index (χ2n) is 27.4. The molecule has 424 valence electrons. The van der Waals surface area contributed by atoms with E-state index in [4.69, 9.17) is 9.47 Å². The SMILES string of the molecule is C=C1CC[C@H](OC(=O)CCCN(C)C)C/C1=C\C=C1/CCC[C@@]2(C)C1CC[C@@H]2[C@H](C)CCCC(C)C.C=C1CC[C@H](OC(=O)CCN2CCN(C)CC2)C/C1=C\C=C1/CCC[C@@]2(C)C1CC[C@@H]2[C@H](C)CCCC(C)C. The van der Waals surface area contributed by atoms with E-state index in [1.165, 1.54) is 125 Å². The third-order valence-corrected chi connectivity index (χ3v) is 20.5. The van der Waals surface area contributed by atoms with Gasteiger partial charge in [0, 0.05) is 52.0 Å².